The number of piperazine rings is 1. The van der Waals surface area contributed by atoms with Gasteiger partial charge in [-0.15, -0.1) is 0 Å². The van der Waals surface area contributed by atoms with E-state index in [0.29, 0.717) is 23.3 Å². The van der Waals surface area contributed by atoms with Crippen molar-refractivity contribution in [1.29, 1.82) is 0 Å². The number of hydrogen-bond donors (Lipinski definition) is 1. The van der Waals surface area contributed by atoms with Gasteiger partial charge in [0, 0.05) is 55.4 Å². The van der Waals surface area contributed by atoms with Crippen LogP contribution in [0.2, 0.25) is 0 Å². The number of pyridine rings is 2. The van der Waals surface area contributed by atoms with Crippen LogP contribution in [0.1, 0.15) is 63.1 Å². The number of fused-ring (bicyclic) bond motifs is 2. The summed E-state index contributed by atoms with van der Waals surface area (Å²) in [5.41, 5.74) is 6.72. The van der Waals surface area contributed by atoms with Crippen LogP contribution < -0.4 is 4.90 Å². The second-order valence-electron chi connectivity index (χ2n) is 12.0. The van der Waals surface area contributed by atoms with Crippen molar-refractivity contribution in [2.24, 2.45) is 0 Å². The third-order valence-corrected chi connectivity index (χ3v) is 9.13. The van der Waals surface area contributed by atoms with Crippen molar-refractivity contribution in [1.82, 2.24) is 34.4 Å². The van der Waals surface area contributed by atoms with Crippen LogP contribution in [0.4, 0.5) is 10.2 Å². The molecular formula is C30H41FN8. The molecule has 1 N–H and O–H groups in total. The number of piperidine rings is 1. The van der Waals surface area contributed by atoms with Gasteiger partial charge in [0.2, 0.25) is 0 Å². The SMILES string of the molecule is Cc1c(-c2[nH]c3cnc(N4CCN(C5CCN(C(C)C)CC5)CC4)c(F)c3c2C(C)C)cn2ncnc2c1C. The summed E-state index contributed by atoms with van der Waals surface area (Å²) in [6.07, 6.45) is 7.83. The number of nitrogens with zero attached hydrogens (tertiary/aromatic N) is 7. The maximum absolute atomic E-state index is 16.4. The Balaban J connectivity index is 1.29. The predicted molar refractivity (Wildman–Crippen MR) is 155 cm³/mol. The molecule has 2 fully saturated rings. The number of anilines is 1. The highest BCUT2D eigenvalue weighted by atomic mass is 19.1. The minimum absolute atomic E-state index is 0.123. The summed E-state index contributed by atoms with van der Waals surface area (Å²) in [7, 11) is 0. The molecule has 0 saturated carbocycles. The number of aromatic nitrogens is 5. The number of aromatic amines is 1. The average molecular weight is 533 g/mol. The highest BCUT2D eigenvalue weighted by molar-refractivity contribution is 5.94. The van der Waals surface area contributed by atoms with Gasteiger partial charge in [0.15, 0.2) is 17.3 Å². The van der Waals surface area contributed by atoms with Crippen LogP contribution in [0.5, 0.6) is 0 Å². The van der Waals surface area contributed by atoms with Crippen LogP contribution in [-0.4, -0.2) is 85.7 Å². The van der Waals surface area contributed by atoms with E-state index in [2.05, 4.69) is 76.3 Å². The van der Waals surface area contributed by atoms with Gasteiger partial charge >= 0.3 is 0 Å². The molecule has 8 nitrogen and oxygen atoms in total. The number of rotatable bonds is 5. The van der Waals surface area contributed by atoms with E-state index in [-0.39, 0.29) is 11.7 Å². The minimum atomic E-state index is -0.214. The molecular weight excluding hydrogens is 491 g/mol. The first-order valence-electron chi connectivity index (χ1n) is 14.5. The lowest BCUT2D eigenvalue weighted by molar-refractivity contribution is 0.0881. The van der Waals surface area contributed by atoms with Gasteiger partial charge in [-0.25, -0.2) is 18.9 Å². The van der Waals surface area contributed by atoms with Gasteiger partial charge in [-0.3, -0.25) is 4.90 Å². The molecule has 0 aliphatic carbocycles. The number of likely N-dealkylation sites (tertiary alicyclic amines) is 1. The summed E-state index contributed by atoms with van der Waals surface area (Å²) in [6, 6.07) is 1.26. The Bertz CT molecular complexity index is 1490. The first-order valence-corrected chi connectivity index (χ1v) is 14.5. The fraction of sp³-hybridized carbons (Fsp3) is 0.567. The molecule has 6 rings (SSSR count). The maximum Gasteiger partial charge on any atom is 0.175 e. The Morgan fingerprint density at radius 1 is 0.949 bits per heavy atom. The zero-order valence-electron chi connectivity index (χ0n) is 24.1. The standard InChI is InChI=1S/C30H41FN8/c1-18(2)25-26-24(35-28(25)23-16-39-29(33-17-34-39)21(6)20(23)5)15-32-30(27(26)31)38-13-11-37(12-14-38)22-7-9-36(10-8-22)19(3)4/h15-19,22,35H,7-14H2,1-6H3. The molecule has 0 atom stereocenters. The van der Waals surface area contributed by atoms with E-state index in [1.807, 2.05) is 12.4 Å². The lowest BCUT2D eigenvalue weighted by Gasteiger charge is -2.43. The second kappa shape index (κ2) is 10.2. The molecule has 0 unspecified atom stereocenters. The highest BCUT2D eigenvalue weighted by Gasteiger charge is 2.31. The summed E-state index contributed by atoms with van der Waals surface area (Å²) in [5.74, 6) is 0.385. The minimum Gasteiger partial charge on any atom is -0.353 e. The van der Waals surface area contributed by atoms with Gasteiger partial charge in [0.05, 0.1) is 17.4 Å². The molecule has 0 radical (unpaired) electrons. The van der Waals surface area contributed by atoms with Gasteiger partial charge < -0.3 is 14.8 Å². The third-order valence-electron chi connectivity index (χ3n) is 9.13. The first-order chi connectivity index (χ1) is 18.7. The monoisotopic (exact) mass is 532 g/mol. The Morgan fingerprint density at radius 2 is 1.67 bits per heavy atom. The third kappa shape index (κ3) is 4.49. The zero-order valence-corrected chi connectivity index (χ0v) is 24.1. The summed E-state index contributed by atoms with van der Waals surface area (Å²) < 4.78 is 18.2. The Labute approximate surface area is 230 Å². The van der Waals surface area contributed by atoms with E-state index < -0.39 is 0 Å². The Hall–Kier alpha value is -3.04. The molecule has 6 heterocycles. The van der Waals surface area contributed by atoms with Crippen LogP contribution in [0.15, 0.2) is 18.7 Å². The molecule has 4 aromatic rings. The van der Waals surface area contributed by atoms with E-state index in [9.17, 15) is 0 Å². The van der Waals surface area contributed by atoms with Crippen LogP contribution in [-0.2, 0) is 0 Å². The van der Waals surface area contributed by atoms with Crippen LogP contribution >= 0.6 is 0 Å². The molecule has 0 aromatic carbocycles. The molecule has 2 aliphatic rings. The van der Waals surface area contributed by atoms with E-state index in [1.54, 1.807) is 10.8 Å². The lowest BCUT2D eigenvalue weighted by atomic mass is 9.94. The second-order valence-corrected chi connectivity index (χ2v) is 12.0. The molecule has 39 heavy (non-hydrogen) atoms. The molecule has 2 aliphatic heterocycles. The van der Waals surface area contributed by atoms with Gasteiger partial charge in [-0.05, 0) is 76.2 Å². The summed E-state index contributed by atoms with van der Waals surface area (Å²) in [5, 5.41) is 5.03. The van der Waals surface area contributed by atoms with Crippen molar-refractivity contribution in [2.45, 2.75) is 72.4 Å². The smallest absolute Gasteiger partial charge is 0.175 e. The fourth-order valence-corrected chi connectivity index (χ4v) is 6.69. The van der Waals surface area contributed by atoms with Gasteiger partial charge in [-0.1, -0.05) is 13.8 Å². The number of nitrogens with one attached hydrogen (secondary N) is 1. The molecule has 4 aromatic heterocycles. The number of aryl methyl sites for hydroxylation is 1. The normalized spacial score (nSPS) is 18.4. The Morgan fingerprint density at radius 3 is 2.33 bits per heavy atom. The van der Waals surface area contributed by atoms with Crippen molar-refractivity contribution in [2.75, 3.05) is 44.2 Å². The molecule has 9 heteroatoms. The van der Waals surface area contributed by atoms with Gasteiger partial charge in [0.25, 0.3) is 0 Å². The quantitative estimate of drug-likeness (QED) is 0.384. The summed E-state index contributed by atoms with van der Waals surface area (Å²) >= 11 is 0. The largest absolute Gasteiger partial charge is 0.353 e. The number of halogens is 1. The summed E-state index contributed by atoms with van der Waals surface area (Å²) in [4.78, 5) is 19.9. The van der Waals surface area contributed by atoms with Crippen molar-refractivity contribution in [3.63, 3.8) is 0 Å². The Kier molecular flexibility index (Phi) is 6.83. The van der Waals surface area contributed by atoms with Crippen LogP contribution in [0.25, 0.3) is 27.8 Å². The van der Waals surface area contributed by atoms with E-state index in [1.165, 1.54) is 25.9 Å². The van der Waals surface area contributed by atoms with Crippen molar-refractivity contribution in [3.8, 4) is 11.3 Å². The van der Waals surface area contributed by atoms with E-state index in [0.717, 1.165) is 65.3 Å². The van der Waals surface area contributed by atoms with Gasteiger partial charge in [-0.2, -0.15) is 5.10 Å². The summed E-state index contributed by atoms with van der Waals surface area (Å²) in [6.45, 7) is 18.9. The topological polar surface area (TPSA) is 68.6 Å². The van der Waals surface area contributed by atoms with Crippen molar-refractivity contribution < 1.29 is 4.39 Å². The zero-order chi connectivity index (χ0) is 27.4. The lowest BCUT2D eigenvalue weighted by Crippen LogP contribution is -2.54. The van der Waals surface area contributed by atoms with Crippen molar-refractivity contribution >= 4 is 22.4 Å². The maximum atomic E-state index is 16.4. The average Bonchev–Trinajstić information content (AvgIpc) is 3.56. The van der Waals surface area contributed by atoms with Crippen LogP contribution in [0, 0.1) is 19.7 Å². The van der Waals surface area contributed by atoms with Crippen LogP contribution in [0.3, 0.4) is 0 Å². The molecule has 0 bridgehead atoms. The first kappa shape index (κ1) is 26.2. The van der Waals surface area contributed by atoms with Crippen molar-refractivity contribution in [3.05, 3.63) is 41.2 Å². The van der Waals surface area contributed by atoms with Gasteiger partial charge in [0.1, 0.15) is 6.33 Å². The fourth-order valence-electron chi connectivity index (χ4n) is 6.69. The number of H-pyrrole nitrogens is 1. The van der Waals surface area contributed by atoms with E-state index in [4.69, 9.17) is 0 Å². The highest BCUT2D eigenvalue weighted by Crippen LogP contribution is 2.40. The molecule has 0 amide bonds. The molecule has 0 spiro atoms. The number of hydrogen-bond acceptors (Lipinski definition) is 6. The molecule has 2 saturated heterocycles. The molecule has 208 valence electrons. The van der Waals surface area contributed by atoms with E-state index >= 15 is 4.39 Å². The predicted octanol–water partition coefficient (Wildman–Crippen LogP) is 5.15.